The van der Waals surface area contributed by atoms with Gasteiger partial charge in [-0.15, -0.1) is 0 Å². The Bertz CT molecular complexity index is 435. The van der Waals surface area contributed by atoms with Crippen LogP contribution in [0.5, 0.6) is 0 Å². The van der Waals surface area contributed by atoms with Crippen LogP contribution < -0.4 is 10.6 Å². The van der Waals surface area contributed by atoms with Crippen LogP contribution in [0.15, 0.2) is 12.3 Å². The van der Waals surface area contributed by atoms with Gasteiger partial charge in [0, 0.05) is 25.0 Å². The number of pyridine rings is 1. The predicted molar refractivity (Wildman–Crippen MR) is 71.6 cm³/mol. The van der Waals surface area contributed by atoms with Gasteiger partial charge in [0.1, 0.15) is 0 Å². The van der Waals surface area contributed by atoms with E-state index in [2.05, 4.69) is 15.6 Å². The summed E-state index contributed by atoms with van der Waals surface area (Å²) in [6, 6.07) is 1.54. The van der Waals surface area contributed by atoms with Gasteiger partial charge in [-0.25, -0.2) is 9.37 Å². The number of amides is 1. The Balaban J connectivity index is 2.08. The minimum atomic E-state index is -0.596. The van der Waals surface area contributed by atoms with E-state index in [0.29, 0.717) is 0 Å². The second kappa shape index (κ2) is 6.04. The molecule has 1 aromatic heterocycles. The molecule has 1 amide bonds. The van der Waals surface area contributed by atoms with Crippen molar-refractivity contribution in [1.82, 2.24) is 10.3 Å². The van der Waals surface area contributed by atoms with Crippen molar-refractivity contribution in [3.05, 3.63) is 23.6 Å². The number of nitrogens with zero attached hydrogens (tertiary/aromatic N) is 1. The molecule has 2 N–H and O–H groups in total. The minimum Gasteiger partial charge on any atom is -0.371 e. The molecule has 0 bridgehead atoms. The van der Waals surface area contributed by atoms with Crippen LogP contribution in [0.1, 0.15) is 23.2 Å². The molecule has 4 nitrogen and oxygen atoms in total. The van der Waals surface area contributed by atoms with Crippen LogP contribution in [0.4, 0.5) is 10.2 Å². The minimum absolute atomic E-state index is 0.0462. The van der Waals surface area contributed by atoms with Gasteiger partial charge in [0.15, 0.2) is 11.6 Å². The van der Waals surface area contributed by atoms with Crippen molar-refractivity contribution in [3.8, 4) is 0 Å². The van der Waals surface area contributed by atoms with Gasteiger partial charge in [-0.3, -0.25) is 4.79 Å². The molecule has 18 heavy (non-hydrogen) atoms. The molecule has 1 unspecified atom stereocenters. The van der Waals surface area contributed by atoms with Gasteiger partial charge in [-0.05, 0) is 24.7 Å². The number of rotatable bonds is 3. The lowest BCUT2D eigenvalue weighted by Crippen LogP contribution is -2.38. The average Bonchev–Trinajstić information content (AvgIpc) is 2.40. The van der Waals surface area contributed by atoms with E-state index in [9.17, 15) is 9.18 Å². The van der Waals surface area contributed by atoms with Crippen LogP contribution in [0.2, 0.25) is 0 Å². The van der Waals surface area contributed by atoms with Crippen LogP contribution in [0.3, 0.4) is 0 Å². The first-order valence-electron chi connectivity index (χ1n) is 5.93. The first-order valence-corrected chi connectivity index (χ1v) is 7.08. The van der Waals surface area contributed by atoms with Crippen molar-refractivity contribution in [2.24, 2.45) is 0 Å². The Morgan fingerprint density at radius 2 is 2.44 bits per heavy atom. The second-order valence-corrected chi connectivity index (χ2v) is 5.31. The van der Waals surface area contributed by atoms with Crippen molar-refractivity contribution in [2.75, 3.05) is 23.9 Å². The summed E-state index contributed by atoms with van der Waals surface area (Å²) in [7, 11) is 1.57. The zero-order chi connectivity index (χ0) is 13.0. The van der Waals surface area contributed by atoms with Crippen molar-refractivity contribution in [1.29, 1.82) is 0 Å². The number of anilines is 1. The molecule has 2 heterocycles. The van der Waals surface area contributed by atoms with E-state index >= 15 is 0 Å². The summed E-state index contributed by atoms with van der Waals surface area (Å²) in [4.78, 5) is 15.8. The third-order valence-electron chi connectivity index (χ3n) is 2.87. The summed E-state index contributed by atoms with van der Waals surface area (Å²) in [6.45, 7) is 0. The predicted octanol–water partition coefficient (Wildman–Crippen LogP) is 1.89. The molecule has 0 aromatic carbocycles. The third-order valence-corrected chi connectivity index (χ3v) is 4.08. The molecular weight excluding hydrogens is 253 g/mol. The number of hydrogen-bond acceptors (Lipinski definition) is 4. The fourth-order valence-electron chi connectivity index (χ4n) is 1.91. The van der Waals surface area contributed by atoms with Gasteiger partial charge < -0.3 is 10.6 Å². The summed E-state index contributed by atoms with van der Waals surface area (Å²) in [6.07, 6.45) is 3.49. The molecule has 0 aliphatic carbocycles. The van der Waals surface area contributed by atoms with E-state index in [1.807, 2.05) is 11.8 Å². The molecule has 2 rings (SSSR count). The number of aromatic nitrogens is 1. The Labute approximate surface area is 110 Å². The number of carbonyl (C=O) groups excluding carboxylic acids is 1. The fourth-order valence-corrected chi connectivity index (χ4v) is 2.98. The SMILES string of the molecule is CNc1nccc(C(=O)NC2CCCSC2)c1F. The third kappa shape index (κ3) is 2.93. The summed E-state index contributed by atoms with van der Waals surface area (Å²) in [5.41, 5.74) is 0.0462. The Kier molecular flexibility index (Phi) is 4.41. The second-order valence-electron chi connectivity index (χ2n) is 4.16. The maximum Gasteiger partial charge on any atom is 0.254 e. The number of carbonyl (C=O) groups is 1. The van der Waals surface area contributed by atoms with E-state index in [0.717, 1.165) is 24.3 Å². The summed E-state index contributed by atoms with van der Waals surface area (Å²) < 4.78 is 13.9. The number of nitrogens with one attached hydrogen (secondary N) is 2. The first-order chi connectivity index (χ1) is 8.72. The monoisotopic (exact) mass is 269 g/mol. The quantitative estimate of drug-likeness (QED) is 0.880. The lowest BCUT2D eigenvalue weighted by atomic mass is 10.1. The lowest BCUT2D eigenvalue weighted by Gasteiger charge is -2.22. The van der Waals surface area contributed by atoms with Crippen molar-refractivity contribution < 1.29 is 9.18 Å². The first kappa shape index (κ1) is 13.1. The molecular formula is C12H16FN3OS. The fraction of sp³-hybridized carbons (Fsp3) is 0.500. The molecule has 1 atom stereocenters. The molecule has 1 fully saturated rings. The van der Waals surface area contributed by atoms with E-state index in [4.69, 9.17) is 0 Å². The molecule has 6 heteroatoms. The summed E-state index contributed by atoms with van der Waals surface area (Å²) in [5.74, 6) is 1.18. The van der Waals surface area contributed by atoms with E-state index in [1.165, 1.54) is 12.3 Å². The molecule has 1 aliphatic rings. The highest BCUT2D eigenvalue weighted by Crippen LogP contribution is 2.19. The maximum atomic E-state index is 13.9. The molecule has 1 aliphatic heterocycles. The van der Waals surface area contributed by atoms with Gasteiger partial charge in [0.2, 0.25) is 0 Å². The molecule has 0 saturated carbocycles. The highest BCUT2D eigenvalue weighted by molar-refractivity contribution is 7.99. The van der Waals surface area contributed by atoms with Crippen LogP contribution >= 0.6 is 11.8 Å². The largest absolute Gasteiger partial charge is 0.371 e. The average molecular weight is 269 g/mol. The highest BCUT2D eigenvalue weighted by Gasteiger charge is 2.20. The van der Waals surface area contributed by atoms with Gasteiger partial charge in [-0.1, -0.05) is 0 Å². The molecule has 98 valence electrons. The number of hydrogen-bond donors (Lipinski definition) is 2. The van der Waals surface area contributed by atoms with Crippen LogP contribution in [0, 0.1) is 5.82 Å². The van der Waals surface area contributed by atoms with Crippen molar-refractivity contribution in [3.63, 3.8) is 0 Å². The van der Waals surface area contributed by atoms with Gasteiger partial charge in [-0.2, -0.15) is 11.8 Å². The van der Waals surface area contributed by atoms with Gasteiger partial charge in [0.05, 0.1) is 5.56 Å². The molecule has 0 radical (unpaired) electrons. The Morgan fingerprint density at radius 1 is 1.61 bits per heavy atom. The Morgan fingerprint density at radius 3 is 3.11 bits per heavy atom. The summed E-state index contributed by atoms with van der Waals surface area (Å²) in [5, 5.41) is 5.50. The van der Waals surface area contributed by atoms with Crippen molar-refractivity contribution in [2.45, 2.75) is 18.9 Å². The standard InChI is InChI=1S/C12H16FN3OS/c1-14-11-10(13)9(4-5-15-11)12(17)16-8-3-2-6-18-7-8/h4-5,8H,2-3,6-7H2,1H3,(H,14,15)(H,16,17). The van der Waals surface area contributed by atoms with Crippen LogP contribution in [-0.2, 0) is 0 Å². The van der Waals surface area contributed by atoms with Crippen LogP contribution in [-0.4, -0.2) is 35.5 Å². The zero-order valence-electron chi connectivity index (χ0n) is 10.2. The zero-order valence-corrected chi connectivity index (χ0v) is 11.0. The topological polar surface area (TPSA) is 54.0 Å². The van der Waals surface area contributed by atoms with E-state index in [1.54, 1.807) is 7.05 Å². The number of halogens is 1. The van der Waals surface area contributed by atoms with E-state index in [-0.39, 0.29) is 23.3 Å². The molecule has 0 spiro atoms. The molecule has 1 saturated heterocycles. The van der Waals surface area contributed by atoms with Crippen LogP contribution in [0.25, 0.3) is 0 Å². The summed E-state index contributed by atoms with van der Waals surface area (Å²) >= 11 is 1.82. The van der Waals surface area contributed by atoms with Gasteiger partial charge in [0.25, 0.3) is 5.91 Å². The number of thioether (sulfide) groups is 1. The highest BCUT2D eigenvalue weighted by atomic mass is 32.2. The molecule has 1 aromatic rings. The maximum absolute atomic E-state index is 13.9. The van der Waals surface area contributed by atoms with E-state index < -0.39 is 5.82 Å². The smallest absolute Gasteiger partial charge is 0.254 e. The van der Waals surface area contributed by atoms with Crippen molar-refractivity contribution >= 4 is 23.5 Å². The van der Waals surface area contributed by atoms with Gasteiger partial charge >= 0.3 is 0 Å². The Hall–Kier alpha value is -1.30. The normalized spacial score (nSPS) is 19.3. The lowest BCUT2D eigenvalue weighted by molar-refractivity contribution is 0.0934.